The van der Waals surface area contributed by atoms with Crippen LogP contribution in [-0.4, -0.2) is 13.0 Å². The molecule has 0 aromatic heterocycles. The van der Waals surface area contributed by atoms with Gasteiger partial charge < -0.3 is 4.74 Å². The summed E-state index contributed by atoms with van der Waals surface area (Å²) in [6.07, 6.45) is 0. The van der Waals surface area contributed by atoms with Gasteiger partial charge >= 0.3 is 0 Å². The summed E-state index contributed by atoms with van der Waals surface area (Å²) in [7, 11) is 1.41. The van der Waals surface area contributed by atoms with Crippen molar-refractivity contribution in [1.29, 1.82) is 0 Å². The molecule has 22 heavy (non-hydrogen) atoms. The summed E-state index contributed by atoms with van der Waals surface area (Å²) < 4.78 is 6.66. The van der Waals surface area contributed by atoms with Gasteiger partial charge in [0.15, 0.2) is 0 Å². The molecule has 0 saturated heterocycles. The lowest BCUT2D eigenvalue weighted by molar-refractivity contribution is 0.0537. The van der Waals surface area contributed by atoms with Gasteiger partial charge in [0.25, 0.3) is 5.91 Å². The smallest absolute Gasteiger partial charge is 0.275 e. The van der Waals surface area contributed by atoms with Gasteiger partial charge in [0.2, 0.25) is 0 Å². The van der Waals surface area contributed by atoms with Gasteiger partial charge in [-0.1, -0.05) is 30.3 Å². The number of hydrogen-bond donors (Lipinski definition) is 1. The third-order valence-corrected chi connectivity index (χ3v) is 4.05. The van der Waals surface area contributed by atoms with Crippen molar-refractivity contribution >= 4 is 21.8 Å². The van der Waals surface area contributed by atoms with E-state index in [9.17, 15) is 4.79 Å². The van der Waals surface area contributed by atoms with E-state index in [0.29, 0.717) is 12.2 Å². The first kappa shape index (κ1) is 16.5. The molecule has 0 heterocycles. The van der Waals surface area contributed by atoms with Crippen LogP contribution >= 0.6 is 15.9 Å². The van der Waals surface area contributed by atoms with Gasteiger partial charge in [-0.25, -0.2) is 5.48 Å². The fourth-order valence-corrected chi connectivity index (χ4v) is 2.78. The molecule has 5 heteroatoms. The first-order valence-electron chi connectivity index (χ1n) is 6.84. The lowest BCUT2D eigenvalue weighted by Gasteiger charge is -2.16. The number of amides is 1. The first-order valence-corrected chi connectivity index (χ1v) is 7.63. The highest BCUT2D eigenvalue weighted by molar-refractivity contribution is 9.10. The van der Waals surface area contributed by atoms with Gasteiger partial charge in [0, 0.05) is 5.56 Å². The summed E-state index contributed by atoms with van der Waals surface area (Å²) in [5.41, 5.74) is 5.76. The van der Waals surface area contributed by atoms with E-state index in [-0.39, 0.29) is 5.91 Å². The maximum Gasteiger partial charge on any atom is 0.275 e. The first-order chi connectivity index (χ1) is 10.5. The molecule has 1 N–H and O–H groups in total. The Balaban J connectivity index is 2.26. The Morgan fingerprint density at radius 1 is 1.18 bits per heavy atom. The topological polar surface area (TPSA) is 47.6 Å². The fourth-order valence-electron chi connectivity index (χ4n) is 2.14. The molecule has 0 atom stereocenters. The molecule has 2 aromatic rings. The van der Waals surface area contributed by atoms with E-state index in [1.165, 1.54) is 7.11 Å². The van der Waals surface area contributed by atoms with Crippen LogP contribution in [0, 0.1) is 13.8 Å². The highest BCUT2D eigenvalue weighted by atomic mass is 79.9. The van der Waals surface area contributed by atoms with Crippen LogP contribution < -0.4 is 10.2 Å². The van der Waals surface area contributed by atoms with E-state index in [1.54, 1.807) is 6.07 Å². The van der Waals surface area contributed by atoms with E-state index in [1.807, 2.05) is 44.2 Å². The second-order valence-electron chi connectivity index (χ2n) is 4.89. The van der Waals surface area contributed by atoms with Crippen molar-refractivity contribution in [3.05, 3.63) is 63.1 Å². The zero-order chi connectivity index (χ0) is 16.1. The van der Waals surface area contributed by atoms with Crippen molar-refractivity contribution in [3.63, 3.8) is 0 Å². The van der Waals surface area contributed by atoms with E-state index in [0.717, 1.165) is 26.9 Å². The Labute approximate surface area is 138 Å². The van der Waals surface area contributed by atoms with Crippen molar-refractivity contribution in [2.45, 2.75) is 20.5 Å². The van der Waals surface area contributed by atoms with Gasteiger partial charge in [0.1, 0.15) is 12.4 Å². The standard InChI is InChI=1S/C17H18BrNO3/c1-11-12(2)16(22-10-13-7-5-4-6-8-13)15(18)9-14(11)17(20)19-21-3/h4-9H,10H2,1-3H3,(H,19,20). The van der Waals surface area contributed by atoms with Crippen molar-refractivity contribution in [2.24, 2.45) is 0 Å². The van der Waals surface area contributed by atoms with Crippen molar-refractivity contribution < 1.29 is 14.4 Å². The molecule has 1 amide bonds. The van der Waals surface area contributed by atoms with Crippen molar-refractivity contribution in [3.8, 4) is 5.75 Å². The van der Waals surface area contributed by atoms with Crippen LogP contribution in [0.15, 0.2) is 40.9 Å². The number of nitrogens with one attached hydrogen (secondary N) is 1. The van der Waals surface area contributed by atoms with Crippen LogP contribution in [0.4, 0.5) is 0 Å². The fraction of sp³-hybridized carbons (Fsp3) is 0.235. The molecule has 0 aliphatic rings. The Hall–Kier alpha value is -1.85. The van der Waals surface area contributed by atoms with Gasteiger partial charge in [-0.2, -0.15) is 0 Å². The average molecular weight is 364 g/mol. The van der Waals surface area contributed by atoms with E-state index >= 15 is 0 Å². The molecule has 0 radical (unpaired) electrons. The number of benzene rings is 2. The SMILES string of the molecule is CONC(=O)c1cc(Br)c(OCc2ccccc2)c(C)c1C. The van der Waals surface area contributed by atoms with Gasteiger partial charge in [-0.05, 0) is 52.5 Å². The third-order valence-electron chi connectivity index (χ3n) is 3.46. The van der Waals surface area contributed by atoms with Crippen LogP contribution in [0.2, 0.25) is 0 Å². The molecule has 0 aliphatic heterocycles. The Morgan fingerprint density at radius 2 is 1.86 bits per heavy atom. The van der Waals surface area contributed by atoms with E-state index < -0.39 is 0 Å². The number of halogens is 1. The second kappa shape index (κ2) is 7.42. The van der Waals surface area contributed by atoms with Crippen LogP contribution in [-0.2, 0) is 11.4 Å². The minimum atomic E-state index is -0.279. The summed E-state index contributed by atoms with van der Waals surface area (Å²) in [5.74, 6) is 0.466. The molecule has 0 fully saturated rings. The maximum atomic E-state index is 12.0. The van der Waals surface area contributed by atoms with Gasteiger partial charge in [-0.3, -0.25) is 9.63 Å². The molecular formula is C17H18BrNO3. The highest BCUT2D eigenvalue weighted by Gasteiger charge is 2.17. The predicted molar refractivity (Wildman–Crippen MR) is 88.9 cm³/mol. The Bertz CT molecular complexity index is 671. The molecule has 2 rings (SSSR count). The molecule has 2 aromatic carbocycles. The molecule has 0 spiro atoms. The van der Waals surface area contributed by atoms with Crippen LogP contribution in [0.5, 0.6) is 5.75 Å². The molecule has 0 unspecified atom stereocenters. The molecule has 0 saturated carbocycles. The Kier molecular flexibility index (Phi) is 5.57. The number of carbonyl (C=O) groups excluding carboxylic acids is 1. The average Bonchev–Trinajstić information content (AvgIpc) is 2.52. The minimum Gasteiger partial charge on any atom is -0.487 e. The number of hydrogen-bond acceptors (Lipinski definition) is 3. The normalized spacial score (nSPS) is 10.4. The van der Waals surface area contributed by atoms with Crippen molar-refractivity contribution in [1.82, 2.24) is 5.48 Å². The molecular weight excluding hydrogens is 346 g/mol. The Morgan fingerprint density at radius 3 is 2.50 bits per heavy atom. The summed E-state index contributed by atoms with van der Waals surface area (Å²) in [5, 5.41) is 0. The quantitative estimate of drug-likeness (QED) is 0.818. The largest absolute Gasteiger partial charge is 0.487 e. The zero-order valence-corrected chi connectivity index (χ0v) is 14.4. The predicted octanol–water partition coefficient (Wildman–Crippen LogP) is 3.94. The summed E-state index contributed by atoms with van der Waals surface area (Å²) in [6, 6.07) is 11.7. The number of carbonyl (C=O) groups is 1. The lowest BCUT2D eigenvalue weighted by Crippen LogP contribution is -2.23. The lowest BCUT2D eigenvalue weighted by atomic mass is 10.0. The number of ether oxygens (including phenoxy) is 1. The molecule has 116 valence electrons. The monoisotopic (exact) mass is 363 g/mol. The molecule has 0 aliphatic carbocycles. The number of rotatable bonds is 5. The minimum absolute atomic E-state index is 0.279. The summed E-state index contributed by atoms with van der Waals surface area (Å²) in [6.45, 7) is 4.30. The summed E-state index contributed by atoms with van der Waals surface area (Å²) >= 11 is 3.48. The van der Waals surface area contributed by atoms with E-state index in [2.05, 4.69) is 26.2 Å². The summed E-state index contributed by atoms with van der Waals surface area (Å²) in [4.78, 5) is 16.6. The number of hydroxylamine groups is 1. The van der Waals surface area contributed by atoms with E-state index in [4.69, 9.17) is 4.74 Å². The van der Waals surface area contributed by atoms with Crippen LogP contribution in [0.3, 0.4) is 0 Å². The van der Waals surface area contributed by atoms with Crippen LogP contribution in [0.1, 0.15) is 27.0 Å². The van der Waals surface area contributed by atoms with Crippen LogP contribution in [0.25, 0.3) is 0 Å². The van der Waals surface area contributed by atoms with Crippen molar-refractivity contribution in [2.75, 3.05) is 7.11 Å². The van der Waals surface area contributed by atoms with Gasteiger partial charge in [0.05, 0.1) is 11.6 Å². The third kappa shape index (κ3) is 3.67. The maximum absolute atomic E-state index is 12.0. The zero-order valence-electron chi connectivity index (χ0n) is 12.8. The molecule has 4 nitrogen and oxygen atoms in total. The van der Waals surface area contributed by atoms with Gasteiger partial charge in [-0.15, -0.1) is 0 Å². The molecule has 0 bridgehead atoms. The highest BCUT2D eigenvalue weighted by Crippen LogP contribution is 2.34. The second-order valence-corrected chi connectivity index (χ2v) is 5.75.